The second-order valence-corrected chi connectivity index (χ2v) is 16.8. The van der Waals surface area contributed by atoms with Crippen molar-refractivity contribution in [2.24, 2.45) is 23.7 Å². The predicted molar refractivity (Wildman–Crippen MR) is 221 cm³/mol. The maximum absolute atomic E-state index is 7.09. The lowest BCUT2D eigenvalue weighted by molar-refractivity contribution is -0.0396. The van der Waals surface area contributed by atoms with E-state index in [-0.39, 0.29) is 5.41 Å². The average molecular weight is 695 g/mol. The minimum absolute atomic E-state index is 0.0202. The largest absolute Gasteiger partial charge is 0.456 e. The molecular weight excluding hydrogens is 657 g/mol. The monoisotopic (exact) mass is 694 g/mol. The molecule has 9 aromatic rings. The Hall–Kier alpha value is -5.86. The van der Waals surface area contributed by atoms with Gasteiger partial charge in [0, 0.05) is 32.5 Å². The molecule has 2 nitrogen and oxygen atoms in total. The molecule has 5 aliphatic carbocycles. The Morgan fingerprint density at radius 2 is 1.02 bits per heavy atom. The molecule has 0 saturated heterocycles. The van der Waals surface area contributed by atoms with Gasteiger partial charge in [-0.15, -0.1) is 0 Å². The van der Waals surface area contributed by atoms with Gasteiger partial charge in [-0.05, 0) is 154 Å². The summed E-state index contributed by atoms with van der Waals surface area (Å²) in [4.78, 5) is 0. The summed E-state index contributed by atoms with van der Waals surface area (Å²) in [6.45, 7) is 0. The van der Waals surface area contributed by atoms with Crippen molar-refractivity contribution in [2.45, 2.75) is 37.5 Å². The third-order valence-electron chi connectivity index (χ3n) is 14.2. The van der Waals surface area contributed by atoms with E-state index in [1.54, 1.807) is 5.56 Å². The third-order valence-corrected chi connectivity index (χ3v) is 14.2. The van der Waals surface area contributed by atoms with Crippen LogP contribution in [0.25, 0.3) is 88.4 Å². The van der Waals surface area contributed by atoms with Crippen molar-refractivity contribution in [1.82, 2.24) is 0 Å². The van der Waals surface area contributed by atoms with Crippen LogP contribution in [0.4, 0.5) is 0 Å². The molecule has 1 spiro atoms. The van der Waals surface area contributed by atoms with Crippen molar-refractivity contribution in [1.29, 1.82) is 0 Å². The van der Waals surface area contributed by atoms with Crippen molar-refractivity contribution in [2.75, 3.05) is 0 Å². The third kappa shape index (κ3) is 3.86. The highest BCUT2D eigenvalue weighted by Gasteiger charge is 2.62. The molecule has 4 fully saturated rings. The summed E-state index contributed by atoms with van der Waals surface area (Å²) < 4.78 is 13.5. The van der Waals surface area contributed by atoms with Crippen LogP contribution >= 0.6 is 0 Å². The van der Waals surface area contributed by atoms with Crippen molar-refractivity contribution < 1.29 is 8.83 Å². The standard InChI is InChI=1S/C52H38O2/c1-2-10-32(11-3-1)34-25-35(33-18-19-41-39-12-5-8-16-46(39)53-48(41)28-33)27-36(26-34)43-29-44-40-13-6-9-17-47(40)54-51(44)50-49(43)42-14-4-7-15-45(42)52(50)37-21-30-20-31(23-37)24-38(52)22-30/h1-19,25-31,37-38H,20-24H2. The van der Waals surface area contributed by atoms with Crippen LogP contribution in [0, 0.1) is 23.7 Å². The van der Waals surface area contributed by atoms with Crippen LogP contribution in [0.2, 0.25) is 0 Å². The molecule has 258 valence electrons. The van der Waals surface area contributed by atoms with Gasteiger partial charge in [-0.2, -0.15) is 0 Å². The summed E-state index contributed by atoms with van der Waals surface area (Å²) in [5, 5.41) is 4.77. The molecule has 4 bridgehead atoms. The Kier molecular flexibility index (Phi) is 5.83. The first-order valence-electron chi connectivity index (χ1n) is 19.9. The first-order chi connectivity index (χ1) is 26.7. The lowest BCUT2D eigenvalue weighted by Gasteiger charge is -2.61. The smallest absolute Gasteiger partial charge is 0.140 e. The van der Waals surface area contributed by atoms with E-state index >= 15 is 0 Å². The number of hydrogen-bond acceptors (Lipinski definition) is 2. The second-order valence-electron chi connectivity index (χ2n) is 16.8. The lowest BCUT2D eigenvalue weighted by Crippen LogP contribution is -2.55. The van der Waals surface area contributed by atoms with Gasteiger partial charge in [0.25, 0.3) is 0 Å². The zero-order valence-corrected chi connectivity index (χ0v) is 30.0. The molecule has 2 aromatic heterocycles. The summed E-state index contributed by atoms with van der Waals surface area (Å²) in [5.74, 6) is 3.03. The highest BCUT2D eigenvalue weighted by atomic mass is 16.3. The number of rotatable bonds is 3. The van der Waals surface area contributed by atoms with E-state index in [4.69, 9.17) is 8.83 Å². The average Bonchev–Trinajstić information content (AvgIpc) is 3.88. The number of fused-ring (bicyclic) bond motifs is 10. The fourth-order valence-corrected chi connectivity index (χ4v) is 12.4. The molecule has 0 atom stereocenters. The summed E-state index contributed by atoms with van der Waals surface area (Å²) in [7, 11) is 0. The topological polar surface area (TPSA) is 26.3 Å². The highest BCUT2D eigenvalue weighted by Crippen LogP contribution is 2.71. The first-order valence-corrected chi connectivity index (χ1v) is 19.9. The van der Waals surface area contributed by atoms with Gasteiger partial charge in [-0.1, -0.05) is 97.1 Å². The normalized spacial score (nSPS) is 23.6. The van der Waals surface area contributed by atoms with E-state index in [0.717, 1.165) is 50.5 Å². The van der Waals surface area contributed by atoms with Crippen LogP contribution in [0.3, 0.4) is 0 Å². The first kappa shape index (κ1) is 29.6. The Labute approximate surface area is 314 Å². The maximum atomic E-state index is 7.09. The van der Waals surface area contributed by atoms with Gasteiger partial charge in [-0.3, -0.25) is 0 Å². The van der Waals surface area contributed by atoms with E-state index in [1.807, 2.05) is 6.07 Å². The Bertz CT molecular complexity index is 2980. The highest BCUT2D eigenvalue weighted by molar-refractivity contribution is 6.13. The van der Waals surface area contributed by atoms with Gasteiger partial charge in [0.2, 0.25) is 0 Å². The molecule has 4 saturated carbocycles. The Morgan fingerprint density at radius 3 is 1.80 bits per heavy atom. The number of furan rings is 2. The predicted octanol–water partition coefficient (Wildman–Crippen LogP) is 14.2. The molecule has 7 aromatic carbocycles. The van der Waals surface area contributed by atoms with Gasteiger partial charge >= 0.3 is 0 Å². The fourth-order valence-electron chi connectivity index (χ4n) is 12.4. The number of benzene rings is 7. The molecule has 0 radical (unpaired) electrons. The molecule has 5 aliphatic rings. The minimum Gasteiger partial charge on any atom is -0.456 e. The quantitative estimate of drug-likeness (QED) is 0.184. The van der Waals surface area contributed by atoms with Crippen molar-refractivity contribution in [3.8, 4) is 44.5 Å². The van der Waals surface area contributed by atoms with Crippen LogP contribution in [-0.2, 0) is 5.41 Å². The van der Waals surface area contributed by atoms with Crippen LogP contribution < -0.4 is 0 Å². The summed E-state index contributed by atoms with van der Waals surface area (Å²) in [6.07, 6.45) is 6.79. The van der Waals surface area contributed by atoms with E-state index in [0.29, 0.717) is 11.8 Å². The van der Waals surface area contributed by atoms with Crippen LogP contribution in [-0.4, -0.2) is 0 Å². The van der Waals surface area contributed by atoms with E-state index in [1.165, 1.54) is 87.4 Å². The van der Waals surface area contributed by atoms with Crippen molar-refractivity contribution in [3.63, 3.8) is 0 Å². The molecule has 0 N–H and O–H groups in total. The van der Waals surface area contributed by atoms with Gasteiger partial charge in [0.15, 0.2) is 0 Å². The lowest BCUT2D eigenvalue weighted by atomic mass is 9.43. The van der Waals surface area contributed by atoms with Gasteiger partial charge < -0.3 is 8.83 Å². The van der Waals surface area contributed by atoms with Gasteiger partial charge in [0.1, 0.15) is 22.3 Å². The molecule has 14 rings (SSSR count). The summed E-state index contributed by atoms with van der Waals surface area (Å²) in [6, 6.07) is 53.9. The molecule has 2 heterocycles. The Morgan fingerprint density at radius 1 is 0.407 bits per heavy atom. The molecule has 2 heteroatoms. The van der Waals surface area contributed by atoms with Crippen molar-refractivity contribution >= 4 is 43.9 Å². The second kappa shape index (κ2) is 10.6. The zero-order valence-electron chi connectivity index (χ0n) is 30.0. The number of para-hydroxylation sites is 2. The van der Waals surface area contributed by atoms with E-state index in [2.05, 4.69) is 140 Å². The van der Waals surface area contributed by atoms with Gasteiger partial charge in [-0.25, -0.2) is 0 Å². The molecule has 0 unspecified atom stereocenters. The van der Waals surface area contributed by atoms with Crippen LogP contribution in [0.5, 0.6) is 0 Å². The molecule has 0 amide bonds. The molecule has 0 aliphatic heterocycles. The molecule has 54 heavy (non-hydrogen) atoms. The zero-order chi connectivity index (χ0) is 35.1. The minimum atomic E-state index is -0.0202. The van der Waals surface area contributed by atoms with Crippen molar-refractivity contribution in [3.05, 3.63) is 157 Å². The number of hydrogen-bond donors (Lipinski definition) is 0. The molecular formula is C52H38O2. The van der Waals surface area contributed by atoms with E-state index < -0.39 is 0 Å². The van der Waals surface area contributed by atoms with Crippen LogP contribution in [0.1, 0.15) is 43.2 Å². The van der Waals surface area contributed by atoms with Crippen LogP contribution in [0.15, 0.2) is 154 Å². The summed E-state index contributed by atoms with van der Waals surface area (Å²) in [5.41, 5.74) is 17.1. The SMILES string of the molecule is c1ccc(-c2cc(-c3ccc4c(c3)oc3ccccc34)cc(-c3cc4c(oc5ccccc54)c4c3-c3ccccc3C43C4CC5CC(C4)CC3C5)c2)cc1. The maximum Gasteiger partial charge on any atom is 0.140 e. The summed E-state index contributed by atoms with van der Waals surface area (Å²) >= 11 is 0. The van der Waals surface area contributed by atoms with Gasteiger partial charge in [0.05, 0.1) is 0 Å². The Balaban J connectivity index is 1.13. The fraction of sp³-hybridized carbons (Fsp3) is 0.192. The van der Waals surface area contributed by atoms with E-state index in [9.17, 15) is 0 Å².